The quantitative estimate of drug-likeness (QED) is 0.501. The molecule has 142 valence electrons. The normalized spacial score (nSPS) is 11.1. The number of hydrogen-bond donors (Lipinski definition) is 1. The third kappa shape index (κ3) is 3.18. The molecule has 0 bridgehead atoms. The van der Waals surface area contributed by atoms with E-state index in [-0.39, 0.29) is 0 Å². The maximum absolute atomic E-state index is 5.37. The van der Waals surface area contributed by atoms with E-state index in [9.17, 15) is 0 Å². The minimum Gasteiger partial charge on any atom is -0.461 e. The second-order valence-corrected chi connectivity index (χ2v) is 6.52. The average molecular weight is 384 g/mol. The SMILES string of the molecule is Cc1cccc(Nc2nccc(-c3nnc4nc(-c5ccco5)nn4c3C)n2)c1. The van der Waals surface area contributed by atoms with Crippen LogP contribution in [-0.4, -0.2) is 34.8 Å². The van der Waals surface area contributed by atoms with Crippen molar-refractivity contribution in [2.75, 3.05) is 5.32 Å². The Morgan fingerprint density at radius 2 is 1.93 bits per heavy atom. The van der Waals surface area contributed by atoms with Gasteiger partial charge in [0, 0.05) is 11.9 Å². The second-order valence-electron chi connectivity index (χ2n) is 6.52. The molecule has 5 rings (SSSR count). The summed E-state index contributed by atoms with van der Waals surface area (Å²) in [5.41, 5.74) is 4.07. The number of fused-ring (bicyclic) bond motifs is 1. The van der Waals surface area contributed by atoms with Gasteiger partial charge in [0.05, 0.1) is 17.7 Å². The molecule has 0 aliphatic carbocycles. The lowest BCUT2D eigenvalue weighted by Gasteiger charge is -2.08. The van der Waals surface area contributed by atoms with Crippen LogP contribution in [0.3, 0.4) is 0 Å². The summed E-state index contributed by atoms with van der Waals surface area (Å²) in [6, 6.07) is 13.4. The van der Waals surface area contributed by atoms with Gasteiger partial charge in [-0.15, -0.1) is 15.3 Å². The number of nitrogens with zero attached hydrogens (tertiary/aromatic N) is 7. The first-order valence-corrected chi connectivity index (χ1v) is 8.98. The summed E-state index contributed by atoms with van der Waals surface area (Å²) in [6.07, 6.45) is 3.26. The van der Waals surface area contributed by atoms with Crippen LogP contribution in [0.15, 0.2) is 59.3 Å². The van der Waals surface area contributed by atoms with Gasteiger partial charge in [-0.25, -0.2) is 9.97 Å². The molecule has 4 aromatic heterocycles. The van der Waals surface area contributed by atoms with Gasteiger partial charge in [-0.3, -0.25) is 0 Å². The van der Waals surface area contributed by atoms with Gasteiger partial charge >= 0.3 is 0 Å². The largest absolute Gasteiger partial charge is 0.461 e. The number of rotatable bonds is 4. The van der Waals surface area contributed by atoms with E-state index in [1.54, 1.807) is 35.2 Å². The van der Waals surface area contributed by atoms with E-state index in [4.69, 9.17) is 4.42 Å². The van der Waals surface area contributed by atoms with E-state index in [0.717, 1.165) is 16.9 Å². The molecular weight excluding hydrogens is 368 g/mol. The van der Waals surface area contributed by atoms with Gasteiger partial charge < -0.3 is 9.73 Å². The highest BCUT2D eigenvalue weighted by Gasteiger charge is 2.16. The Bertz CT molecular complexity index is 1310. The van der Waals surface area contributed by atoms with Crippen LogP contribution in [0.1, 0.15) is 11.3 Å². The lowest BCUT2D eigenvalue weighted by Crippen LogP contribution is -2.05. The van der Waals surface area contributed by atoms with Crippen LogP contribution < -0.4 is 5.32 Å². The zero-order valence-corrected chi connectivity index (χ0v) is 15.7. The Morgan fingerprint density at radius 3 is 2.76 bits per heavy atom. The Kier molecular flexibility index (Phi) is 3.98. The smallest absolute Gasteiger partial charge is 0.272 e. The number of aromatic nitrogens is 7. The third-order valence-electron chi connectivity index (χ3n) is 4.40. The fourth-order valence-corrected chi connectivity index (χ4v) is 3.01. The van der Waals surface area contributed by atoms with Gasteiger partial charge in [-0.1, -0.05) is 12.1 Å². The Labute approximate surface area is 165 Å². The monoisotopic (exact) mass is 384 g/mol. The number of furan rings is 1. The molecule has 1 aromatic carbocycles. The molecule has 29 heavy (non-hydrogen) atoms. The molecule has 0 fully saturated rings. The molecule has 0 saturated heterocycles. The Hall–Kier alpha value is -4.14. The standard InChI is InChI=1S/C20H16N8O/c1-12-5-3-6-14(11-12)22-19-21-9-8-15(23-19)17-13(2)28-20(26-25-17)24-18(27-28)16-7-4-10-29-16/h3-11H,1-2H3,(H,21,22,23). The molecular formula is C20H16N8O. The van der Waals surface area contributed by atoms with E-state index >= 15 is 0 Å². The van der Waals surface area contributed by atoms with Crippen molar-refractivity contribution >= 4 is 17.4 Å². The molecule has 1 N–H and O–H groups in total. The molecule has 0 spiro atoms. The highest BCUT2D eigenvalue weighted by Crippen LogP contribution is 2.22. The van der Waals surface area contributed by atoms with Crippen molar-refractivity contribution in [1.82, 2.24) is 34.8 Å². The van der Waals surface area contributed by atoms with Gasteiger partial charge in [0.1, 0.15) is 5.69 Å². The van der Waals surface area contributed by atoms with E-state index in [1.807, 2.05) is 38.1 Å². The van der Waals surface area contributed by atoms with Crippen molar-refractivity contribution in [2.45, 2.75) is 13.8 Å². The van der Waals surface area contributed by atoms with Crippen LogP contribution in [0.4, 0.5) is 11.6 Å². The first-order chi connectivity index (χ1) is 14.2. The highest BCUT2D eigenvalue weighted by molar-refractivity contribution is 5.61. The maximum atomic E-state index is 5.37. The predicted octanol–water partition coefficient (Wildman–Crippen LogP) is 3.60. The lowest BCUT2D eigenvalue weighted by molar-refractivity contribution is 0.577. The number of hydrogen-bond acceptors (Lipinski definition) is 8. The van der Waals surface area contributed by atoms with E-state index in [2.05, 4.69) is 35.6 Å². The fourth-order valence-electron chi connectivity index (χ4n) is 3.01. The summed E-state index contributed by atoms with van der Waals surface area (Å²) < 4.78 is 7.00. The van der Waals surface area contributed by atoms with Crippen molar-refractivity contribution < 1.29 is 4.42 Å². The zero-order chi connectivity index (χ0) is 19.8. The summed E-state index contributed by atoms with van der Waals surface area (Å²) in [5.74, 6) is 1.89. The van der Waals surface area contributed by atoms with Crippen LogP contribution in [-0.2, 0) is 0 Å². The second kappa shape index (κ2) is 6.79. The van der Waals surface area contributed by atoms with Crippen LogP contribution in [0.5, 0.6) is 0 Å². The first kappa shape index (κ1) is 17.0. The molecule has 0 aliphatic heterocycles. The van der Waals surface area contributed by atoms with Crippen molar-refractivity contribution in [3.63, 3.8) is 0 Å². The lowest BCUT2D eigenvalue weighted by atomic mass is 10.2. The first-order valence-electron chi connectivity index (χ1n) is 8.98. The molecule has 0 aliphatic rings. The van der Waals surface area contributed by atoms with E-state index in [0.29, 0.717) is 34.7 Å². The van der Waals surface area contributed by atoms with Crippen LogP contribution in [0.25, 0.3) is 28.8 Å². The van der Waals surface area contributed by atoms with Crippen molar-refractivity contribution in [1.29, 1.82) is 0 Å². The van der Waals surface area contributed by atoms with Crippen molar-refractivity contribution in [2.24, 2.45) is 0 Å². The highest BCUT2D eigenvalue weighted by atomic mass is 16.3. The summed E-state index contributed by atoms with van der Waals surface area (Å²) in [7, 11) is 0. The Morgan fingerprint density at radius 1 is 1.00 bits per heavy atom. The minimum atomic E-state index is 0.393. The number of benzene rings is 1. The number of anilines is 2. The fraction of sp³-hybridized carbons (Fsp3) is 0.100. The molecule has 0 atom stereocenters. The average Bonchev–Trinajstić information content (AvgIpc) is 3.39. The van der Waals surface area contributed by atoms with Gasteiger partial charge in [-0.2, -0.15) is 9.50 Å². The van der Waals surface area contributed by atoms with Crippen LogP contribution >= 0.6 is 0 Å². The van der Waals surface area contributed by atoms with E-state index in [1.165, 1.54) is 0 Å². The van der Waals surface area contributed by atoms with Gasteiger partial charge in [-0.05, 0) is 49.7 Å². The topological polar surface area (TPSA) is 107 Å². The van der Waals surface area contributed by atoms with Crippen LogP contribution in [0.2, 0.25) is 0 Å². The number of aryl methyl sites for hydroxylation is 2. The summed E-state index contributed by atoms with van der Waals surface area (Å²) in [6.45, 7) is 3.93. The maximum Gasteiger partial charge on any atom is 0.272 e. The van der Waals surface area contributed by atoms with E-state index < -0.39 is 0 Å². The summed E-state index contributed by atoms with van der Waals surface area (Å²) in [4.78, 5) is 13.3. The molecule has 5 aromatic rings. The van der Waals surface area contributed by atoms with Gasteiger partial charge in [0.2, 0.25) is 11.8 Å². The number of nitrogens with one attached hydrogen (secondary N) is 1. The van der Waals surface area contributed by atoms with Crippen molar-refractivity contribution in [3.8, 4) is 23.0 Å². The van der Waals surface area contributed by atoms with Crippen molar-refractivity contribution in [3.05, 3.63) is 66.2 Å². The zero-order valence-electron chi connectivity index (χ0n) is 15.7. The molecule has 9 nitrogen and oxygen atoms in total. The molecule has 4 heterocycles. The van der Waals surface area contributed by atoms with Gasteiger partial charge in [0.15, 0.2) is 5.76 Å². The summed E-state index contributed by atoms with van der Waals surface area (Å²) in [5, 5.41) is 16.2. The minimum absolute atomic E-state index is 0.393. The summed E-state index contributed by atoms with van der Waals surface area (Å²) >= 11 is 0. The molecule has 0 amide bonds. The third-order valence-corrected chi connectivity index (χ3v) is 4.40. The molecule has 9 heteroatoms. The Balaban J connectivity index is 1.53. The van der Waals surface area contributed by atoms with Gasteiger partial charge in [0.25, 0.3) is 5.78 Å². The molecule has 0 unspecified atom stereocenters. The van der Waals surface area contributed by atoms with Crippen LogP contribution in [0, 0.1) is 13.8 Å². The molecule has 0 saturated carbocycles. The predicted molar refractivity (Wildman–Crippen MR) is 107 cm³/mol. The molecule has 0 radical (unpaired) electrons.